The minimum Gasteiger partial charge on any atom is -0.480 e. The number of aliphatic carboxylic acids is 1. The van der Waals surface area contributed by atoms with Crippen LogP contribution in [0, 0.1) is 12.8 Å². The van der Waals surface area contributed by atoms with Gasteiger partial charge in [-0.2, -0.15) is 0 Å². The van der Waals surface area contributed by atoms with E-state index in [1.165, 1.54) is 0 Å². The topological polar surface area (TPSA) is 71.4 Å². The van der Waals surface area contributed by atoms with Crippen LogP contribution >= 0.6 is 0 Å². The monoisotopic (exact) mass is 268 g/mol. The molecule has 5 heteroatoms. The fourth-order valence-corrected chi connectivity index (χ4v) is 4.23. The highest BCUT2D eigenvalue weighted by molar-refractivity contribution is 7.92. The molecule has 1 saturated carbocycles. The highest BCUT2D eigenvalue weighted by Crippen LogP contribution is 2.37. The molecule has 4 nitrogen and oxygen atoms in total. The first-order valence-electron chi connectivity index (χ1n) is 5.90. The first kappa shape index (κ1) is 13.1. The third kappa shape index (κ3) is 2.72. The maximum absolute atomic E-state index is 12.2. The molecule has 0 heterocycles. The molecule has 1 aliphatic carbocycles. The molecule has 18 heavy (non-hydrogen) atoms. The summed E-state index contributed by atoms with van der Waals surface area (Å²) in [5, 5.41) is 7.85. The Labute approximate surface area is 107 Å². The van der Waals surface area contributed by atoms with Gasteiger partial charge in [-0.15, -0.1) is 0 Å². The van der Waals surface area contributed by atoms with Crippen LogP contribution in [-0.4, -0.2) is 24.7 Å². The number of rotatable bonds is 5. The van der Waals surface area contributed by atoms with Gasteiger partial charge >= 0.3 is 5.97 Å². The molecule has 0 amide bonds. The molecule has 2 rings (SSSR count). The van der Waals surface area contributed by atoms with Crippen LogP contribution in [0.5, 0.6) is 0 Å². The Balaban J connectivity index is 2.26. The van der Waals surface area contributed by atoms with Gasteiger partial charge in [0.2, 0.25) is 0 Å². The molecule has 0 spiro atoms. The fraction of sp³-hybridized carbons (Fsp3) is 0.462. The minimum absolute atomic E-state index is 0.187. The van der Waals surface area contributed by atoms with Gasteiger partial charge in [0.25, 0.3) is 0 Å². The number of aryl methyl sites for hydroxylation is 1. The lowest BCUT2D eigenvalue weighted by molar-refractivity contribution is -0.136. The first-order chi connectivity index (χ1) is 8.42. The van der Waals surface area contributed by atoms with Gasteiger partial charge in [-0.3, -0.25) is 4.79 Å². The van der Waals surface area contributed by atoms with E-state index in [1.807, 2.05) is 19.1 Å². The van der Waals surface area contributed by atoms with Crippen LogP contribution in [0.4, 0.5) is 0 Å². The number of carboxylic acid groups (broad SMARTS) is 1. The van der Waals surface area contributed by atoms with Crippen molar-refractivity contribution in [3.8, 4) is 0 Å². The summed E-state index contributed by atoms with van der Waals surface area (Å²) < 4.78 is 24.4. The molecule has 0 radical (unpaired) electrons. The molecular formula is C13H16O4S. The standard InChI is InChI=1S/C13H16O4S/c1-9-4-2-3-5-11(9)8-18(16,17)12(13(14)15)10-6-7-10/h2-5,10,12H,6-8H2,1H3,(H,14,15). The van der Waals surface area contributed by atoms with E-state index in [1.54, 1.807) is 12.1 Å². The lowest BCUT2D eigenvalue weighted by Gasteiger charge is -2.13. The van der Waals surface area contributed by atoms with E-state index in [2.05, 4.69) is 0 Å². The molecule has 1 atom stereocenters. The zero-order valence-corrected chi connectivity index (χ0v) is 11.0. The molecule has 1 aromatic rings. The second-order valence-corrected chi connectivity index (χ2v) is 6.95. The van der Waals surface area contributed by atoms with Gasteiger partial charge in [-0.05, 0) is 36.8 Å². The van der Waals surface area contributed by atoms with Crippen molar-refractivity contribution in [1.82, 2.24) is 0 Å². The van der Waals surface area contributed by atoms with Crippen LogP contribution in [-0.2, 0) is 20.4 Å². The van der Waals surface area contributed by atoms with Crippen molar-refractivity contribution in [3.05, 3.63) is 35.4 Å². The average molecular weight is 268 g/mol. The van der Waals surface area contributed by atoms with Gasteiger partial charge in [0.1, 0.15) is 0 Å². The summed E-state index contributed by atoms with van der Waals surface area (Å²) in [6.07, 6.45) is 1.40. The van der Waals surface area contributed by atoms with Crippen molar-refractivity contribution in [1.29, 1.82) is 0 Å². The minimum atomic E-state index is -3.63. The summed E-state index contributed by atoms with van der Waals surface area (Å²) in [7, 11) is -3.63. The quantitative estimate of drug-likeness (QED) is 0.883. The van der Waals surface area contributed by atoms with Gasteiger partial charge in [-0.25, -0.2) is 8.42 Å². The number of benzene rings is 1. The third-order valence-electron chi connectivity index (χ3n) is 3.30. The number of hydrogen-bond acceptors (Lipinski definition) is 3. The Kier molecular flexibility index (Phi) is 3.43. The van der Waals surface area contributed by atoms with Crippen molar-refractivity contribution < 1.29 is 18.3 Å². The summed E-state index contributed by atoms with van der Waals surface area (Å²) in [6, 6.07) is 7.17. The molecule has 0 bridgehead atoms. The van der Waals surface area contributed by atoms with E-state index in [4.69, 9.17) is 5.11 Å². The lowest BCUT2D eigenvalue weighted by atomic mass is 10.1. The van der Waals surface area contributed by atoms with Crippen LogP contribution < -0.4 is 0 Å². The predicted octanol–water partition coefficient (Wildman–Crippen LogP) is 1.77. The van der Waals surface area contributed by atoms with Gasteiger partial charge in [0.05, 0.1) is 5.75 Å². The number of carbonyl (C=O) groups is 1. The largest absolute Gasteiger partial charge is 0.480 e. The van der Waals surface area contributed by atoms with Crippen LogP contribution in [0.15, 0.2) is 24.3 Å². The number of carboxylic acids is 1. The Morgan fingerprint density at radius 1 is 1.39 bits per heavy atom. The summed E-state index contributed by atoms with van der Waals surface area (Å²) >= 11 is 0. The molecule has 1 unspecified atom stereocenters. The Bertz CT molecular complexity index is 558. The van der Waals surface area contributed by atoms with E-state index in [-0.39, 0.29) is 11.7 Å². The van der Waals surface area contributed by atoms with Crippen LogP contribution in [0.2, 0.25) is 0 Å². The Hall–Kier alpha value is -1.36. The van der Waals surface area contributed by atoms with E-state index < -0.39 is 21.1 Å². The maximum Gasteiger partial charge on any atom is 0.322 e. The second-order valence-electron chi connectivity index (χ2n) is 4.83. The van der Waals surface area contributed by atoms with Crippen molar-refractivity contribution >= 4 is 15.8 Å². The number of hydrogen-bond donors (Lipinski definition) is 1. The van der Waals surface area contributed by atoms with Crippen molar-refractivity contribution in [2.24, 2.45) is 5.92 Å². The Morgan fingerprint density at radius 3 is 2.50 bits per heavy atom. The molecular weight excluding hydrogens is 252 g/mol. The molecule has 1 aromatic carbocycles. The molecule has 1 fully saturated rings. The van der Waals surface area contributed by atoms with Crippen LogP contribution in [0.25, 0.3) is 0 Å². The van der Waals surface area contributed by atoms with Gasteiger partial charge in [-0.1, -0.05) is 24.3 Å². The zero-order chi connectivity index (χ0) is 13.3. The maximum atomic E-state index is 12.2. The predicted molar refractivity (Wildman–Crippen MR) is 68.0 cm³/mol. The SMILES string of the molecule is Cc1ccccc1CS(=O)(=O)C(C(=O)O)C1CC1. The van der Waals surface area contributed by atoms with Crippen LogP contribution in [0.3, 0.4) is 0 Å². The third-order valence-corrected chi connectivity index (χ3v) is 5.37. The Morgan fingerprint density at radius 2 is 2.00 bits per heavy atom. The van der Waals surface area contributed by atoms with Gasteiger partial charge in [0, 0.05) is 0 Å². The second kappa shape index (κ2) is 4.72. The summed E-state index contributed by atoms with van der Waals surface area (Å²) in [6.45, 7) is 1.83. The zero-order valence-electron chi connectivity index (χ0n) is 10.2. The molecule has 0 aromatic heterocycles. The average Bonchev–Trinajstić information content (AvgIpc) is 3.04. The first-order valence-corrected chi connectivity index (χ1v) is 7.62. The summed E-state index contributed by atoms with van der Waals surface area (Å²) in [4.78, 5) is 11.1. The van der Waals surface area contributed by atoms with Crippen molar-refractivity contribution in [2.75, 3.05) is 0 Å². The summed E-state index contributed by atoms with van der Waals surface area (Å²) in [5.41, 5.74) is 1.56. The van der Waals surface area contributed by atoms with E-state index >= 15 is 0 Å². The molecule has 1 aliphatic rings. The van der Waals surface area contributed by atoms with Crippen molar-refractivity contribution in [3.63, 3.8) is 0 Å². The van der Waals surface area contributed by atoms with Gasteiger partial charge < -0.3 is 5.11 Å². The highest BCUT2D eigenvalue weighted by atomic mass is 32.2. The van der Waals surface area contributed by atoms with Gasteiger partial charge in [0.15, 0.2) is 15.1 Å². The normalized spacial score (nSPS) is 17.4. The lowest BCUT2D eigenvalue weighted by Crippen LogP contribution is -2.33. The van der Waals surface area contributed by atoms with Crippen molar-refractivity contribution in [2.45, 2.75) is 30.8 Å². The van der Waals surface area contributed by atoms with E-state index in [9.17, 15) is 13.2 Å². The fourth-order valence-electron chi connectivity index (χ4n) is 2.13. The van der Waals surface area contributed by atoms with Crippen LogP contribution in [0.1, 0.15) is 24.0 Å². The smallest absolute Gasteiger partial charge is 0.322 e. The molecule has 1 N–H and O–H groups in total. The van der Waals surface area contributed by atoms with E-state index in [0.29, 0.717) is 18.4 Å². The molecule has 0 saturated heterocycles. The molecule has 98 valence electrons. The summed E-state index contributed by atoms with van der Waals surface area (Å²) in [5.74, 6) is -1.60. The van der Waals surface area contributed by atoms with E-state index in [0.717, 1.165) is 5.56 Å². The highest BCUT2D eigenvalue weighted by Gasteiger charge is 2.45. The number of sulfone groups is 1. The molecule has 0 aliphatic heterocycles.